The van der Waals surface area contributed by atoms with Crippen molar-refractivity contribution in [3.63, 3.8) is 0 Å². The molecular formula is C18H16F2N2O3. The number of hydrogen-bond donors (Lipinski definition) is 0. The largest absolute Gasteiger partial charge is 0.493 e. The summed E-state index contributed by atoms with van der Waals surface area (Å²) in [4.78, 5) is 13.9. The van der Waals surface area contributed by atoms with E-state index in [-0.39, 0.29) is 24.0 Å². The number of carbonyl (C=O) groups is 1. The van der Waals surface area contributed by atoms with E-state index in [9.17, 15) is 13.6 Å². The second-order valence-corrected chi connectivity index (χ2v) is 5.22. The van der Waals surface area contributed by atoms with Crippen LogP contribution in [0.4, 0.5) is 8.78 Å². The normalized spacial score (nSPS) is 10.2. The maximum absolute atomic E-state index is 12.4. The number of ether oxygens (including phenoxy) is 2. The number of nitrogens with zero attached hydrogens (tertiary/aromatic N) is 2. The number of amides is 1. The number of halogens is 2. The van der Waals surface area contributed by atoms with E-state index in [4.69, 9.17) is 10.00 Å². The summed E-state index contributed by atoms with van der Waals surface area (Å²) < 4.78 is 34.1. The summed E-state index contributed by atoms with van der Waals surface area (Å²) in [5.74, 6) is -0.175. The van der Waals surface area contributed by atoms with Gasteiger partial charge in [-0.15, -0.1) is 0 Å². The van der Waals surface area contributed by atoms with Crippen LogP contribution in [0.3, 0.4) is 0 Å². The monoisotopic (exact) mass is 346 g/mol. The fourth-order valence-corrected chi connectivity index (χ4v) is 2.29. The van der Waals surface area contributed by atoms with Gasteiger partial charge in [0.25, 0.3) is 5.91 Å². The molecule has 0 bridgehead atoms. The van der Waals surface area contributed by atoms with Crippen LogP contribution in [0.1, 0.15) is 21.5 Å². The van der Waals surface area contributed by atoms with Crippen LogP contribution >= 0.6 is 0 Å². The van der Waals surface area contributed by atoms with Gasteiger partial charge in [0.1, 0.15) is 0 Å². The quantitative estimate of drug-likeness (QED) is 0.804. The summed E-state index contributed by atoms with van der Waals surface area (Å²) in [6.07, 6.45) is 0. The standard InChI is InChI=1S/C18H16F2N2O3/c1-22(17(23)14-5-3-4-12(8-14)10-21)11-13-6-7-15(25-18(19)20)16(9-13)24-2/h3-9,18H,11H2,1-2H3. The number of rotatable bonds is 6. The molecule has 5 nitrogen and oxygen atoms in total. The Morgan fingerprint density at radius 2 is 2.00 bits per heavy atom. The number of alkyl halides is 2. The Bertz CT molecular complexity index is 803. The highest BCUT2D eigenvalue weighted by Crippen LogP contribution is 2.29. The van der Waals surface area contributed by atoms with Gasteiger partial charge < -0.3 is 14.4 Å². The number of carbonyl (C=O) groups excluding carboxylic acids is 1. The van der Waals surface area contributed by atoms with Crippen LogP contribution in [0.5, 0.6) is 11.5 Å². The molecule has 0 unspecified atom stereocenters. The summed E-state index contributed by atoms with van der Waals surface area (Å²) in [7, 11) is 2.96. The number of nitriles is 1. The summed E-state index contributed by atoms with van der Waals surface area (Å²) in [5.41, 5.74) is 1.48. The van der Waals surface area contributed by atoms with E-state index in [1.165, 1.54) is 30.2 Å². The van der Waals surface area contributed by atoms with Crippen molar-refractivity contribution >= 4 is 5.91 Å². The van der Waals surface area contributed by atoms with Crippen molar-refractivity contribution in [1.29, 1.82) is 5.26 Å². The fourth-order valence-electron chi connectivity index (χ4n) is 2.29. The first-order valence-corrected chi connectivity index (χ1v) is 7.32. The first kappa shape index (κ1) is 18.2. The molecule has 0 aromatic heterocycles. The predicted molar refractivity (Wildman–Crippen MR) is 86.6 cm³/mol. The Morgan fingerprint density at radius 1 is 1.24 bits per heavy atom. The van der Waals surface area contributed by atoms with E-state index in [0.717, 1.165) is 0 Å². The molecule has 1 amide bonds. The van der Waals surface area contributed by atoms with E-state index >= 15 is 0 Å². The molecule has 2 aromatic rings. The van der Waals surface area contributed by atoms with Crippen LogP contribution in [0, 0.1) is 11.3 Å². The van der Waals surface area contributed by atoms with Gasteiger partial charge in [-0.1, -0.05) is 12.1 Å². The first-order chi connectivity index (χ1) is 11.9. The topological polar surface area (TPSA) is 62.6 Å². The van der Waals surface area contributed by atoms with Crippen molar-refractivity contribution < 1.29 is 23.0 Å². The summed E-state index contributed by atoms with van der Waals surface area (Å²) >= 11 is 0. The second kappa shape index (κ2) is 8.11. The third-order valence-electron chi connectivity index (χ3n) is 3.45. The zero-order valence-electron chi connectivity index (χ0n) is 13.7. The highest BCUT2D eigenvalue weighted by atomic mass is 19.3. The van der Waals surface area contributed by atoms with Gasteiger partial charge in [0.15, 0.2) is 11.5 Å². The molecule has 0 aliphatic rings. The van der Waals surface area contributed by atoms with Crippen molar-refractivity contribution in [2.75, 3.05) is 14.2 Å². The maximum Gasteiger partial charge on any atom is 0.387 e. The van der Waals surface area contributed by atoms with E-state index in [0.29, 0.717) is 16.7 Å². The van der Waals surface area contributed by atoms with Crippen LogP contribution in [-0.2, 0) is 6.54 Å². The zero-order valence-corrected chi connectivity index (χ0v) is 13.7. The third-order valence-corrected chi connectivity index (χ3v) is 3.45. The van der Waals surface area contributed by atoms with Crippen molar-refractivity contribution in [3.8, 4) is 17.6 Å². The van der Waals surface area contributed by atoms with Gasteiger partial charge in [-0.25, -0.2) is 0 Å². The number of hydrogen-bond acceptors (Lipinski definition) is 4. The lowest BCUT2D eigenvalue weighted by atomic mass is 10.1. The maximum atomic E-state index is 12.4. The molecule has 0 radical (unpaired) electrons. The molecule has 0 fully saturated rings. The predicted octanol–water partition coefficient (Wildman–Crippen LogP) is 3.44. The zero-order chi connectivity index (χ0) is 18.4. The Morgan fingerprint density at radius 3 is 2.64 bits per heavy atom. The molecule has 2 aromatic carbocycles. The fraction of sp³-hybridized carbons (Fsp3) is 0.222. The Balaban J connectivity index is 2.15. The van der Waals surface area contributed by atoms with Crippen LogP contribution < -0.4 is 9.47 Å². The molecule has 0 aliphatic carbocycles. The van der Waals surface area contributed by atoms with Crippen molar-refractivity contribution in [1.82, 2.24) is 4.90 Å². The molecule has 0 atom stereocenters. The van der Waals surface area contributed by atoms with Crippen molar-refractivity contribution in [2.45, 2.75) is 13.2 Å². The van der Waals surface area contributed by atoms with E-state index in [2.05, 4.69) is 4.74 Å². The third kappa shape index (κ3) is 4.67. The minimum Gasteiger partial charge on any atom is -0.493 e. The minimum absolute atomic E-state index is 0.0723. The lowest BCUT2D eigenvalue weighted by molar-refractivity contribution is -0.0512. The van der Waals surface area contributed by atoms with Crippen molar-refractivity contribution in [2.24, 2.45) is 0 Å². The smallest absolute Gasteiger partial charge is 0.387 e. The second-order valence-electron chi connectivity index (χ2n) is 5.22. The summed E-state index contributed by atoms with van der Waals surface area (Å²) in [6.45, 7) is -2.71. The van der Waals surface area contributed by atoms with Crippen LogP contribution in [-0.4, -0.2) is 31.6 Å². The van der Waals surface area contributed by atoms with E-state index < -0.39 is 6.61 Å². The molecule has 0 saturated carbocycles. The minimum atomic E-state index is -2.95. The molecule has 0 heterocycles. The van der Waals surface area contributed by atoms with Crippen LogP contribution in [0.25, 0.3) is 0 Å². The average molecular weight is 346 g/mol. The van der Waals surface area contributed by atoms with Gasteiger partial charge in [-0.3, -0.25) is 4.79 Å². The molecule has 0 saturated heterocycles. The first-order valence-electron chi connectivity index (χ1n) is 7.32. The Labute approximate surface area is 144 Å². The van der Waals surface area contributed by atoms with Gasteiger partial charge in [0.05, 0.1) is 18.7 Å². The van der Waals surface area contributed by atoms with E-state index in [1.807, 2.05) is 6.07 Å². The van der Waals surface area contributed by atoms with Crippen molar-refractivity contribution in [3.05, 3.63) is 59.2 Å². The molecule has 0 N–H and O–H groups in total. The summed E-state index contributed by atoms with van der Waals surface area (Å²) in [5, 5.41) is 8.91. The molecule has 25 heavy (non-hydrogen) atoms. The molecular weight excluding hydrogens is 330 g/mol. The lowest BCUT2D eigenvalue weighted by Crippen LogP contribution is -2.26. The van der Waals surface area contributed by atoms with Gasteiger partial charge >= 0.3 is 6.61 Å². The van der Waals surface area contributed by atoms with Gasteiger partial charge in [-0.05, 0) is 35.9 Å². The van der Waals surface area contributed by atoms with Gasteiger partial charge in [0.2, 0.25) is 0 Å². The van der Waals surface area contributed by atoms with Gasteiger partial charge in [0, 0.05) is 19.2 Å². The molecule has 2 rings (SSSR count). The van der Waals surface area contributed by atoms with Crippen LogP contribution in [0.15, 0.2) is 42.5 Å². The summed E-state index contributed by atoms with van der Waals surface area (Å²) in [6, 6.07) is 12.9. The Hall–Kier alpha value is -3.14. The number of methoxy groups -OCH3 is 1. The molecule has 7 heteroatoms. The molecule has 0 aliphatic heterocycles. The van der Waals surface area contributed by atoms with E-state index in [1.54, 1.807) is 31.3 Å². The van der Waals surface area contributed by atoms with Crippen LogP contribution in [0.2, 0.25) is 0 Å². The molecule has 130 valence electrons. The lowest BCUT2D eigenvalue weighted by Gasteiger charge is -2.18. The highest BCUT2D eigenvalue weighted by Gasteiger charge is 2.15. The van der Waals surface area contributed by atoms with Gasteiger partial charge in [-0.2, -0.15) is 14.0 Å². The Kier molecular flexibility index (Phi) is 5.90. The highest BCUT2D eigenvalue weighted by molar-refractivity contribution is 5.94. The number of benzene rings is 2. The SMILES string of the molecule is COc1cc(CN(C)C(=O)c2cccc(C#N)c2)ccc1OC(F)F. The average Bonchev–Trinajstić information content (AvgIpc) is 2.61. The molecule has 0 spiro atoms.